The molecular weight excluding hydrogens is 280 g/mol. The van der Waals surface area contributed by atoms with E-state index >= 15 is 0 Å². The molecule has 0 aliphatic rings. The van der Waals surface area contributed by atoms with Crippen LogP contribution in [-0.4, -0.2) is 46.5 Å². The fourth-order valence-corrected chi connectivity index (χ4v) is 2.11. The van der Waals surface area contributed by atoms with Crippen LogP contribution in [0.2, 0.25) is 0 Å². The Morgan fingerprint density at radius 1 is 1.45 bits per heavy atom. The zero-order valence-electron chi connectivity index (χ0n) is 14.9. The van der Waals surface area contributed by atoms with E-state index in [0.29, 0.717) is 12.5 Å². The summed E-state index contributed by atoms with van der Waals surface area (Å²) in [5, 5.41) is 7.65. The zero-order chi connectivity index (χ0) is 16.9. The number of aryl methyl sites for hydroxylation is 1. The minimum atomic E-state index is -0.457. The van der Waals surface area contributed by atoms with Crippen molar-refractivity contribution < 1.29 is 9.53 Å². The predicted molar refractivity (Wildman–Crippen MR) is 87.7 cm³/mol. The second kappa shape index (κ2) is 7.63. The SMILES string of the molecule is CC(CNC(C)c1cnn(C)c1)CN(C)C(=O)OC(C)(C)C. The van der Waals surface area contributed by atoms with Crippen molar-refractivity contribution in [3.8, 4) is 0 Å². The molecule has 0 saturated heterocycles. The number of nitrogens with one attached hydrogen (secondary N) is 1. The first-order valence-electron chi connectivity index (χ1n) is 7.74. The Morgan fingerprint density at radius 3 is 2.59 bits per heavy atom. The van der Waals surface area contributed by atoms with Gasteiger partial charge in [-0.3, -0.25) is 4.68 Å². The summed E-state index contributed by atoms with van der Waals surface area (Å²) in [6, 6.07) is 0.239. The molecule has 0 radical (unpaired) electrons. The first-order valence-corrected chi connectivity index (χ1v) is 7.74. The van der Waals surface area contributed by atoms with Crippen molar-refractivity contribution >= 4 is 6.09 Å². The van der Waals surface area contributed by atoms with Crippen LogP contribution in [0.15, 0.2) is 12.4 Å². The highest BCUT2D eigenvalue weighted by atomic mass is 16.6. The van der Waals surface area contributed by atoms with Gasteiger partial charge in [0.25, 0.3) is 0 Å². The van der Waals surface area contributed by atoms with E-state index in [1.54, 1.807) is 16.6 Å². The quantitative estimate of drug-likeness (QED) is 0.877. The van der Waals surface area contributed by atoms with Crippen LogP contribution < -0.4 is 5.32 Å². The van der Waals surface area contributed by atoms with Gasteiger partial charge in [-0.2, -0.15) is 5.10 Å². The van der Waals surface area contributed by atoms with Gasteiger partial charge in [0.2, 0.25) is 0 Å². The van der Waals surface area contributed by atoms with Gasteiger partial charge in [-0.15, -0.1) is 0 Å². The fourth-order valence-electron chi connectivity index (χ4n) is 2.11. The van der Waals surface area contributed by atoms with Gasteiger partial charge in [-0.1, -0.05) is 6.92 Å². The van der Waals surface area contributed by atoms with Gasteiger partial charge in [-0.25, -0.2) is 4.79 Å². The average Bonchev–Trinajstić information content (AvgIpc) is 2.80. The maximum atomic E-state index is 11.9. The van der Waals surface area contributed by atoms with Gasteiger partial charge < -0.3 is 15.0 Å². The minimum Gasteiger partial charge on any atom is -0.444 e. The highest BCUT2D eigenvalue weighted by Gasteiger charge is 2.21. The van der Waals surface area contributed by atoms with E-state index in [-0.39, 0.29) is 12.1 Å². The van der Waals surface area contributed by atoms with Crippen molar-refractivity contribution in [1.82, 2.24) is 20.0 Å². The van der Waals surface area contributed by atoms with Gasteiger partial charge in [-0.05, 0) is 40.2 Å². The lowest BCUT2D eigenvalue weighted by Gasteiger charge is -2.27. The maximum Gasteiger partial charge on any atom is 0.410 e. The molecule has 6 heteroatoms. The third-order valence-corrected chi connectivity index (χ3v) is 3.29. The molecule has 0 bridgehead atoms. The van der Waals surface area contributed by atoms with E-state index in [4.69, 9.17) is 4.74 Å². The molecule has 2 atom stereocenters. The van der Waals surface area contributed by atoms with Crippen LogP contribution in [0.25, 0.3) is 0 Å². The normalized spacial score (nSPS) is 14.5. The average molecular weight is 310 g/mol. The Labute approximate surface area is 133 Å². The van der Waals surface area contributed by atoms with Crippen molar-refractivity contribution in [2.24, 2.45) is 13.0 Å². The summed E-state index contributed by atoms with van der Waals surface area (Å²) in [5.74, 6) is 0.330. The Kier molecular flexibility index (Phi) is 6.41. The van der Waals surface area contributed by atoms with Gasteiger partial charge in [0.05, 0.1) is 6.20 Å². The third kappa shape index (κ3) is 6.47. The summed E-state index contributed by atoms with van der Waals surface area (Å²) in [5.41, 5.74) is 0.706. The van der Waals surface area contributed by atoms with E-state index in [9.17, 15) is 4.79 Å². The second-order valence-corrected chi connectivity index (χ2v) is 7.04. The monoisotopic (exact) mass is 310 g/mol. The first kappa shape index (κ1) is 18.5. The summed E-state index contributed by atoms with van der Waals surface area (Å²) < 4.78 is 7.15. The molecule has 6 nitrogen and oxygen atoms in total. The molecule has 1 heterocycles. The molecular formula is C16H30N4O2. The van der Waals surface area contributed by atoms with E-state index in [2.05, 4.69) is 24.3 Å². The van der Waals surface area contributed by atoms with Crippen LogP contribution in [0.3, 0.4) is 0 Å². The lowest BCUT2D eigenvalue weighted by Crippen LogP contribution is -2.38. The molecule has 2 unspecified atom stereocenters. The number of carbonyl (C=O) groups excluding carboxylic acids is 1. The standard InChI is InChI=1S/C16H30N4O2/c1-12(10-19(6)15(21)22-16(3,4)5)8-17-13(2)14-9-18-20(7)11-14/h9,11-13,17H,8,10H2,1-7H3. The molecule has 0 spiro atoms. The zero-order valence-corrected chi connectivity index (χ0v) is 14.9. The molecule has 1 aromatic rings. The number of ether oxygens (including phenoxy) is 1. The van der Waals surface area contributed by atoms with Gasteiger partial charge in [0.15, 0.2) is 0 Å². The van der Waals surface area contributed by atoms with Crippen molar-refractivity contribution in [1.29, 1.82) is 0 Å². The molecule has 1 amide bonds. The lowest BCUT2D eigenvalue weighted by atomic mass is 10.1. The Balaban J connectivity index is 2.36. The molecule has 0 saturated carbocycles. The largest absolute Gasteiger partial charge is 0.444 e. The topological polar surface area (TPSA) is 59.4 Å². The predicted octanol–water partition coefficient (Wildman–Crippen LogP) is 2.57. The molecule has 22 heavy (non-hydrogen) atoms. The van der Waals surface area contributed by atoms with E-state index in [0.717, 1.165) is 12.1 Å². The molecule has 0 aliphatic heterocycles. The van der Waals surface area contributed by atoms with Gasteiger partial charge >= 0.3 is 6.09 Å². The fraction of sp³-hybridized carbons (Fsp3) is 0.750. The van der Waals surface area contributed by atoms with E-state index in [1.165, 1.54) is 0 Å². The smallest absolute Gasteiger partial charge is 0.410 e. The number of hydrogen-bond acceptors (Lipinski definition) is 4. The maximum absolute atomic E-state index is 11.9. The number of nitrogens with zero attached hydrogens (tertiary/aromatic N) is 3. The van der Waals surface area contributed by atoms with Gasteiger partial charge in [0.1, 0.15) is 5.60 Å². The molecule has 0 aliphatic carbocycles. The Morgan fingerprint density at radius 2 is 2.09 bits per heavy atom. The second-order valence-electron chi connectivity index (χ2n) is 7.04. The molecule has 126 valence electrons. The summed E-state index contributed by atoms with van der Waals surface area (Å²) in [6.07, 6.45) is 3.60. The molecule has 0 aromatic carbocycles. The van der Waals surface area contributed by atoms with Crippen molar-refractivity contribution in [2.75, 3.05) is 20.1 Å². The summed E-state index contributed by atoms with van der Waals surface area (Å²) >= 11 is 0. The van der Waals surface area contributed by atoms with Crippen LogP contribution in [0.4, 0.5) is 4.79 Å². The van der Waals surface area contributed by atoms with Crippen LogP contribution in [0.5, 0.6) is 0 Å². The molecule has 1 aromatic heterocycles. The number of aromatic nitrogens is 2. The van der Waals surface area contributed by atoms with E-state index in [1.807, 2.05) is 40.2 Å². The Hall–Kier alpha value is -1.56. The van der Waals surface area contributed by atoms with Crippen LogP contribution in [0.1, 0.15) is 46.2 Å². The first-order chi connectivity index (χ1) is 10.1. The van der Waals surface area contributed by atoms with Crippen LogP contribution in [0, 0.1) is 5.92 Å². The molecule has 1 rings (SSSR count). The van der Waals surface area contributed by atoms with Crippen molar-refractivity contribution in [3.05, 3.63) is 18.0 Å². The number of carbonyl (C=O) groups is 1. The van der Waals surface area contributed by atoms with Crippen LogP contribution >= 0.6 is 0 Å². The number of rotatable bonds is 6. The van der Waals surface area contributed by atoms with E-state index < -0.39 is 5.60 Å². The minimum absolute atomic E-state index is 0.239. The Bertz CT molecular complexity index is 479. The summed E-state index contributed by atoms with van der Waals surface area (Å²) in [6.45, 7) is 11.3. The highest BCUT2D eigenvalue weighted by Crippen LogP contribution is 2.12. The molecule has 0 fully saturated rings. The van der Waals surface area contributed by atoms with Crippen LogP contribution in [-0.2, 0) is 11.8 Å². The summed E-state index contributed by atoms with van der Waals surface area (Å²) in [4.78, 5) is 13.6. The van der Waals surface area contributed by atoms with Crippen molar-refractivity contribution in [2.45, 2.75) is 46.3 Å². The molecule has 1 N–H and O–H groups in total. The van der Waals surface area contributed by atoms with Crippen molar-refractivity contribution in [3.63, 3.8) is 0 Å². The van der Waals surface area contributed by atoms with Gasteiger partial charge in [0, 0.05) is 38.4 Å². The third-order valence-electron chi connectivity index (χ3n) is 3.29. The summed E-state index contributed by atoms with van der Waals surface area (Å²) in [7, 11) is 3.68. The lowest BCUT2D eigenvalue weighted by molar-refractivity contribution is 0.0276. The number of amides is 1. The number of hydrogen-bond donors (Lipinski definition) is 1. The highest BCUT2D eigenvalue weighted by molar-refractivity contribution is 5.67.